The van der Waals surface area contributed by atoms with E-state index < -0.39 is 12.0 Å². The van der Waals surface area contributed by atoms with Gasteiger partial charge in [-0.3, -0.25) is 0 Å². The zero-order valence-corrected chi connectivity index (χ0v) is 29.3. The molecule has 0 spiro atoms. The summed E-state index contributed by atoms with van der Waals surface area (Å²) in [7, 11) is 4.12. The van der Waals surface area contributed by atoms with Crippen LogP contribution in [0.2, 0.25) is 0 Å². The molecular formula is C44H35N3O3S. The number of carboxylic acids is 1. The van der Waals surface area contributed by atoms with Gasteiger partial charge in [0.1, 0.15) is 7.05 Å². The van der Waals surface area contributed by atoms with Gasteiger partial charge in [0.15, 0.2) is 0 Å². The Balaban J connectivity index is 1.03. The number of thioether (sulfide) groups is 1. The van der Waals surface area contributed by atoms with Crippen molar-refractivity contribution in [2.24, 2.45) is 7.05 Å². The van der Waals surface area contributed by atoms with E-state index in [1.165, 1.54) is 16.0 Å². The second kappa shape index (κ2) is 13.3. The molecule has 8 rings (SSSR count). The molecule has 0 saturated carbocycles. The van der Waals surface area contributed by atoms with Gasteiger partial charge in [-0.15, -0.1) is 0 Å². The topological polar surface area (TPSA) is 63.6 Å². The lowest BCUT2D eigenvalue weighted by Gasteiger charge is -2.32. The van der Waals surface area contributed by atoms with Crippen molar-refractivity contribution in [2.75, 3.05) is 16.8 Å². The third-order valence-electron chi connectivity index (χ3n) is 9.54. The monoisotopic (exact) mass is 685 g/mol. The standard InChI is InChI=1S/C44H35N3O3S/c1-29(44(48)49)47(36-12-8-5-9-13-36)37-22-18-33(19-23-37)35-21-25-41-39(27-35)46(3)43(51-41)28-42-45(2)38-26-34(20-24-40(38)50-42)32-16-14-31(15-17-32)30-10-6-4-7-11-30/h4-29H,1-3H3. The summed E-state index contributed by atoms with van der Waals surface area (Å²) in [6, 6.07) is 48.6. The maximum absolute atomic E-state index is 11.9. The maximum Gasteiger partial charge on any atom is 0.376 e. The number of hydrogen-bond donors (Lipinski definition) is 0. The number of para-hydroxylation sites is 1. The van der Waals surface area contributed by atoms with Crippen LogP contribution in [-0.4, -0.2) is 19.1 Å². The molecule has 51 heavy (non-hydrogen) atoms. The van der Waals surface area contributed by atoms with E-state index in [9.17, 15) is 9.90 Å². The SMILES string of the molecule is CC(C(=O)[O-])N(c1ccccc1)c1ccc(-c2ccc3c(c2)N(C)/C(=C/c2oc4ccc(-c5ccc(-c6ccccc6)cc5)cc4[n+]2C)S3)cc1. The fourth-order valence-electron chi connectivity index (χ4n) is 6.64. The van der Waals surface area contributed by atoms with Crippen molar-refractivity contribution in [3.05, 3.63) is 157 Å². The van der Waals surface area contributed by atoms with Crippen LogP contribution in [0.5, 0.6) is 0 Å². The van der Waals surface area contributed by atoms with Crippen LogP contribution in [0.1, 0.15) is 12.8 Å². The molecule has 0 amide bonds. The second-order valence-electron chi connectivity index (χ2n) is 12.7. The van der Waals surface area contributed by atoms with Crippen molar-refractivity contribution in [3.63, 3.8) is 0 Å². The van der Waals surface area contributed by atoms with Gasteiger partial charge in [-0.05, 0) is 82.8 Å². The normalized spacial score (nSPS) is 13.8. The van der Waals surface area contributed by atoms with E-state index in [4.69, 9.17) is 4.42 Å². The summed E-state index contributed by atoms with van der Waals surface area (Å²) in [6.07, 6.45) is 2.10. The van der Waals surface area contributed by atoms with Gasteiger partial charge in [0, 0.05) is 29.4 Å². The van der Waals surface area contributed by atoms with Crippen molar-refractivity contribution < 1.29 is 18.9 Å². The minimum absolute atomic E-state index is 0.772. The Labute approximate surface area is 301 Å². The minimum atomic E-state index is -1.13. The van der Waals surface area contributed by atoms with Crippen molar-refractivity contribution in [1.29, 1.82) is 0 Å². The van der Waals surface area contributed by atoms with Crippen LogP contribution in [-0.2, 0) is 11.8 Å². The highest BCUT2D eigenvalue weighted by Gasteiger charge is 2.27. The molecule has 0 radical (unpaired) electrons. The molecule has 250 valence electrons. The summed E-state index contributed by atoms with van der Waals surface area (Å²) in [5, 5.41) is 12.9. The molecule has 0 saturated heterocycles. The molecule has 1 aromatic heterocycles. The first-order valence-corrected chi connectivity index (χ1v) is 17.7. The molecule has 0 fully saturated rings. The molecular weight excluding hydrogens is 651 g/mol. The second-order valence-corrected chi connectivity index (χ2v) is 13.8. The summed E-state index contributed by atoms with van der Waals surface area (Å²) in [6.45, 7) is 1.64. The number of benzene rings is 6. The van der Waals surface area contributed by atoms with E-state index in [2.05, 4.69) is 101 Å². The number of rotatable bonds is 8. The number of aliphatic carboxylic acids is 1. The largest absolute Gasteiger partial charge is 0.548 e. The lowest BCUT2D eigenvalue weighted by molar-refractivity contribution is -0.652. The number of carboxylic acid groups (broad SMARTS) is 1. The Hall–Kier alpha value is -6.05. The number of carbonyl (C=O) groups excluding carboxylic acids is 1. The van der Waals surface area contributed by atoms with E-state index in [1.54, 1.807) is 23.6 Å². The van der Waals surface area contributed by atoms with Gasteiger partial charge in [0.05, 0.1) is 28.8 Å². The van der Waals surface area contributed by atoms with Gasteiger partial charge >= 0.3 is 5.89 Å². The van der Waals surface area contributed by atoms with Crippen LogP contribution in [0.4, 0.5) is 17.1 Å². The molecule has 7 heteroatoms. The summed E-state index contributed by atoms with van der Waals surface area (Å²) in [5.74, 6) is -0.356. The molecule has 0 aliphatic carbocycles. The average Bonchev–Trinajstić information content (AvgIpc) is 3.66. The number of fused-ring (bicyclic) bond motifs is 2. The van der Waals surface area contributed by atoms with Gasteiger partial charge in [-0.2, -0.15) is 4.57 Å². The van der Waals surface area contributed by atoms with Gasteiger partial charge in [0.2, 0.25) is 5.58 Å². The van der Waals surface area contributed by atoms with E-state index in [-0.39, 0.29) is 0 Å². The molecule has 0 N–H and O–H groups in total. The third-order valence-corrected chi connectivity index (χ3v) is 10.7. The predicted octanol–water partition coefficient (Wildman–Crippen LogP) is 9.08. The summed E-state index contributed by atoms with van der Waals surface area (Å²) >= 11 is 1.72. The zero-order chi connectivity index (χ0) is 35.1. The van der Waals surface area contributed by atoms with Gasteiger partial charge in [-0.1, -0.05) is 109 Å². The highest BCUT2D eigenvalue weighted by atomic mass is 32.2. The first-order valence-electron chi connectivity index (χ1n) is 16.9. The fourth-order valence-corrected chi connectivity index (χ4v) is 7.70. The Bertz CT molecular complexity index is 2400. The number of aryl methyl sites for hydroxylation is 1. The molecule has 6 aromatic carbocycles. The van der Waals surface area contributed by atoms with E-state index >= 15 is 0 Å². The maximum atomic E-state index is 11.9. The van der Waals surface area contributed by atoms with Crippen molar-refractivity contribution in [1.82, 2.24) is 0 Å². The first-order chi connectivity index (χ1) is 24.8. The number of oxazole rings is 1. The zero-order valence-electron chi connectivity index (χ0n) is 28.5. The van der Waals surface area contributed by atoms with Crippen LogP contribution >= 0.6 is 11.8 Å². The Morgan fingerprint density at radius 2 is 1.25 bits per heavy atom. The highest BCUT2D eigenvalue weighted by Crippen LogP contribution is 2.47. The van der Waals surface area contributed by atoms with Gasteiger partial charge < -0.3 is 24.1 Å². The Kier molecular flexibility index (Phi) is 8.42. The lowest BCUT2D eigenvalue weighted by Crippen LogP contribution is -2.44. The van der Waals surface area contributed by atoms with Crippen molar-refractivity contribution >= 4 is 52.0 Å². The van der Waals surface area contributed by atoms with Crippen molar-refractivity contribution in [3.8, 4) is 33.4 Å². The molecule has 1 aliphatic heterocycles. The molecule has 6 nitrogen and oxygen atoms in total. The molecule has 7 aromatic rings. The van der Waals surface area contributed by atoms with E-state index in [0.717, 1.165) is 61.3 Å². The van der Waals surface area contributed by atoms with E-state index in [0.29, 0.717) is 0 Å². The summed E-state index contributed by atoms with van der Waals surface area (Å²) < 4.78 is 8.47. The summed E-state index contributed by atoms with van der Waals surface area (Å²) in [4.78, 5) is 17.0. The molecule has 1 aliphatic rings. The van der Waals surface area contributed by atoms with Crippen molar-refractivity contribution in [2.45, 2.75) is 17.9 Å². The quantitative estimate of drug-likeness (QED) is 0.149. The van der Waals surface area contributed by atoms with Gasteiger partial charge in [-0.25, -0.2) is 0 Å². The Morgan fingerprint density at radius 3 is 1.92 bits per heavy atom. The summed E-state index contributed by atoms with van der Waals surface area (Å²) in [5.41, 5.74) is 11.4. The van der Waals surface area contributed by atoms with Crippen LogP contribution in [0, 0.1) is 0 Å². The first kappa shape index (κ1) is 32.2. The molecule has 0 bridgehead atoms. The van der Waals surface area contributed by atoms with Crippen LogP contribution in [0.15, 0.2) is 160 Å². The number of nitrogens with zero attached hydrogens (tertiary/aromatic N) is 3. The number of hydrogen-bond acceptors (Lipinski definition) is 6. The third kappa shape index (κ3) is 6.17. The van der Waals surface area contributed by atoms with Crippen LogP contribution < -0.4 is 19.5 Å². The highest BCUT2D eigenvalue weighted by molar-refractivity contribution is 8.03. The molecule has 2 heterocycles. The van der Waals surface area contributed by atoms with Crippen LogP contribution in [0.25, 0.3) is 50.6 Å². The fraction of sp³-hybridized carbons (Fsp3) is 0.0909. The number of carbonyl (C=O) groups is 1. The van der Waals surface area contributed by atoms with Crippen LogP contribution in [0.3, 0.4) is 0 Å². The Morgan fingerprint density at radius 1 is 0.725 bits per heavy atom. The lowest BCUT2D eigenvalue weighted by atomic mass is 10.0. The van der Waals surface area contributed by atoms with Gasteiger partial charge in [0.25, 0.3) is 5.52 Å². The predicted molar refractivity (Wildman–Crippen MR) is 205 cm³/mol. The number of anilines is 3. The number of aromatic nitrogens is 1. The molecule has 1 atom stereocenters. The molecule has 1 unspecified atom stereocenters. The average molecular weight is 686 g/mol. The minimum Gasteiger partial charge on any atom is -0.548 e. The smallest absolute Gasteiger partial charge is 0.376 e. The van der Waals surface area contributed by atoms with E-state index in [1.807, 2.05) is 73.8 Å².